The van der Waals surface area contributed by atoms with Crippen LogP contribution in [0.25, 0.3) is 0 Å². The Morgan fingerprint density at radius 1 is 1.57 bits per heavy atom. The Morgan fingerprint density at radius 2 is 2.29 bits per heavy atom. The summed E-state index contributed by atoms with van der Waals surface area (Å²) in [5.74, 6) is 1.49. The van der Waals surface area contributed by atoms with E-state index in [0.717, 1.165) is 6.61 Å². The maximum Gasteiger partial charge on any atom is 0.0553 e. The second-order valence-electron chi connectivity index (χ2n) is 5.00. The number of aliphatic hydroxyl groups excluding tert-OH is 1. The Hall–Kier alpha value is -0.340. The molecule has 0 saturated carbocycles. The van der Waals surface area contributed by atoms with Crippen molar-refractivity contribution in [2.75, 3.05) is 19.8 Å². The first kappa shape index (κ1) is 10.2. The van der Waals surface area contributed by atoms with Gasteiger partial charge in [-0.05, 0) is 18.8 Å². The lowest BCUT2D eigenvalue weighted by atomic mass is 9.58. The molecule has 0 spiro atoms. The summed E-state index contributed by atoms with van der Waals surface area (Å²) in [5.41, 5.74) is 1.41. The van der Waals surface area contributed by atoms with Crippen LogP contribution in [0.1, 0.15) is 20.8 Å². The van der Waals surface area contributed by atoms with E-state index in [4.69, 9.17) is 4.74 Å². The van der Waals surface area contributed by atoms with Gasteiger partial charge in [-0.15, -0.1) is 0 Å². The second kappa shape index (κ2) is 3.35. The summed E-state index contributed by atoms with van der Waals surface area (Å²) >= 11 is 0. The van der Waals surface area contributed by atoms with E-state index in [2.05, 4.69) is 26.8 Å². The van der Waals surface area contributed by atoms with Gasteiger partial charge >= 0.3 is 0 Å². The molecule has 2 unspecified atom stereocenters. The van der Waals surface area contributed by atoms with Crippen LogP contribution < -0.4 is 0 Å². The van der Waals surface area contributed by atoms with Gasteiger partial charge in [-0.2, -0.15) is 0 Å². The maximum atomic E-state index is 9.61. The molecule has 80 valence electrons. The molecule has 0 aromatic heterocycles. The molecule has 2 heteroatoms. The lowest BCUT2D eigenvalue weighted by molar-refractivity contribution is -0.124. The van der Waals surface area contributed by atoms with Crippen molar-refractivity contribution in [3.63, 3.8) is 0 Å². The van der Waals surface area contributed by atoms with Gasteiger partial charge in [-0.25, -0.2) is 0 Å². The van der Waals surface area contributed by atoms with Crippen molar-refractivity contribution >= 4 is 0 Å². The van der Waals surface area contributed by atoms with E-state index in [-0.39, 0.29) is 12.0 Å². The molecule has 0 aromatic rings. The molecule has 1 fully saturated rings. The normalized spacial score (nSPS) is 47.4. The van der Waals surface area contributed by atoms with Crippen LogP contribution in [0.15, 0.2) is 11.6 Å². The predicted octanol–water partition coefficient (Wildman–Crippen LogP) is 1.84. The number of hydrogen-bond donors (Lipinski definition) is 1. The third kappa shape index (κ3) is 1.17. The van der Waals surface area contributed by atoms with Gasteiger partial charge in [0, 0.05) is 11.3 Å². The molecule has 2 bridgehead atoms. The number of aliphatic hydroxyl groups is 1. The molecule has 2 aliphatic rings. The lowest BCUT2D eigenvalue weighted by Gasteiger charge is -2.52. The van der Waals surface area contributed by atoms with Gasteiger partial charge in [0.15, 0.2) is 0 Å². The van der Waals surface area contributed by atoms with Crippen molar-refractivity contribution in [1.82, 2.24) is 0 Å². The molecule has 0 aromatic carbocycles. The molecule has 2 nitrogen and oxygen atoms in total. The number of hydrogen-bond acceptors (Lipinski definition) is 2. The van der Waals surface area contributed by atoms with E-state index < -0.39 is 0 Å². The molecular weight excluding hydrogens is 176 g/mol. The number of allylic oxidation sites excluding steroid dienone is 1. The van der Waals surface area contributed by atoms with Gasteiger partial charge < -0.3 is 9.84 Å². The largest absolute Gasteiger partial charge is 0.396 e. The molecular formula is C12H20O2. The van der Waals surface area contributed by atoms with Gasteiger partial charge in [0.2, 0.25) is 0 Å². The van der Waals surface area contributed by atoms with E-state index in [9.17, 15) is 5.11 Å². The van der Waals surface area contributed by atoms with Gasteiger partial charge in [0.05, 0.1) is 19.8 Å². The van der Waals surface area contributed by atoms with E-state index in [1.807, 2.05) is 0 Å². The quantitative estimate of drug-likeness (QED) is 0.648. The van der Waals surface area contributed by atoms with Crippen LogP contribution in [0.4, 0.5) is 0 Å². The highest BCUT2D eigenvalue weighted by Crippen LogP contribution is 2.49. The zero-order valence-corrected chi connectivity index (χ0v) is 9.29. The number of ether oxygens (including phenoxy) is 1. The third-order valence-corrected chi connectivity index (χ3v) is 4.48. The van der Waals surface area contributed by atoms with Crippen molar-refractivity contribution in [3.8, 4) is 0 Å². The van der Waals surface area contributed by atoms with Crippen LogP contribution in [0.2, 0.25) is 0 Å². The summed E-state index contributed by atoms with van der Waals surface area (Å²) in [6.45, 7) is 8.44. The Morgan fingerprint density at radius 3 is 2.93 bits per heavy atom. The first-order valence-corrected chi connectivity index (χ1v) is 5.49. The average Bonchev–Trinajstić information content (AvgIpc) is 2.15. The molecule has 1 saturated heterocycles. The fraction of sp³-hybridized carbons (Fsp3) is 0.833. The zero-order chi connectivity index (χ0) is 10.3. The molecule has 1 N–H and O–H groups in total. The molecule has 1 aliphatic carbocycles. The summed E-state index contributed by atoms with van der Waals surface area (Å²) < 4.78 is 5.64. The van der Waals surface area contributed by atoms with Crippen molar-refractivity contribution in [1.29, 1.82) is 0 Å². The molecule has 0 radical (unpaired) electrons. The fourth-order valence-corrected chi connectivity index (χ4v) is 3.14. The van der Waals surface area contributed by atoms with Crippen LogP contribution in [0.3, 0.4) is 0 Å². The molecule has 4 atom stereocenters. The first-order valence-electron chi connectivity index (χ1n) is 5.49. The zero-order valence-electron chi connectivity index (χ0n) is 9.29. The number of fused-ring (bicyclic) bond motifs is 2. The second-order valence-corrected chi connectivity index (χ2v) is 5.00. The van der Waals surface area contributed by atoms with E-state index in [0.29, 0.717) is 24.4 Å². The van der Waals surface area contributed by atoms with Crippen LogP contribution in [-0.4, -0.2) is 24.9 Å². The van der Waals surface area contributed by atoms with E-state index in [1.54, 1.807) is 0 Å². The maximum absolute atomic E-state index is 9.61. The molecule has 1 heterocycles. The smallest absolute Gasteiger partial charge is 0.0553 e. The van der Waals surface area contributed by atoms with Crippen molar-refractivity contribution in [3.05, 3.63) is 11.6 Å². The summed E-state index contributed by atoms with van der Waals surface area (Å²) in [5, 5.41) is 9.61. The summed E-state index contributed by atoms with van der Waals surface area (Å²) in [4.78, 5) is 0. The van der Waals surface area contributed by atoms with Crippen LogP contribution in [-0.2, 0) is 4.74 Å². The minimum Gasteiger partial charge on any atom is -0.396 e. The van der Waals surface area contributed by atoms with Gasteiger partial charge in [-0.3, -0.25) is 0 Å². The molecule has 2 rings (SSSR count). The minimum absolute atomic E-state index is 0.0254. The van der Waals surface area contributed by atoms with Gasteiger partial charge in [0.1, 0.15) is 0 Å². The summed E-state index contributed by atoms with van der Waals surface area (Å²) in [6.07, 6.45) is 2.32. The predicted molar refractivity (Wildman–Crippen MR) is 55.9 cm³/mol. The molecule has 14 heavy (non-hydrogen) atoms. The Kier molecular flexibility index (Phi) is 2.44. The summed E-state index contributed by atoms with van der Waals surface area (Å²) in [7, 11) is 0. The van der Waals surface area contributed by atoms with E-state index >= 15 is 0 Å². The third-order valence-electron chi connectivity index (χ3n) is 4.48. The van der Waals surface area contributed by atoms with Gasteiger partial charge in [-0.1, -0.05) is 25.5 Å². The van der Waals surface area contributed by atoms with Crippen molar-refractivity contribution < 1.29 is 9.84 Å². The standard InChI is InChI=1S/C12H20O2/c1-8-4-9(2)12(6-13)7-14-5-11(8)10(12)3/h4,9-11,13H,5-7H2,1-3H3/t9?,10?,11-,12+/m0/s1. The Bertz CT molecular complexity index is 259. The highest BCUT2D eigenvalue weighted by Gasteiger charge is 2.49. The van der Waals surface area contributed by atoms with E-state index in [1.165, 1.54) is 5.57 Å². The highest BCUT2D eigenvalue weighted by molar-refractivity contribution is 5.18. The fourth-order valence-electron chi connectivity index (χ4n) is 3.14. The Labute approximate surface area is 86.0 Å². The SMILES string of the molecule is CC1=CC(C)[C@@]2(CO)COC[C@@H]1C2C. The number of rotatable bonds is 1. The van der Waals surface area contributed by atoms with Crippen LogP contribution in [0.5, 0.6) is 0 Å². The molecule has 1 aliphatic heterocycles. The highest BCUT2D eigenvalue weighted by atomic mass is 16.5. The topological polar surface area (TPSA) is 29.5 Å². The first-order chi connectivity index (χ1) is 6.62. The molecule has 0 amide bonds. The minimum atomic E-state index is -0.0254. The van der Waals surface area contributed by atoms with Crippen LogP contribution >= 0.6 is 0 Å². The van der Waals surface area contributed by atoms with Crippen molar-refractivity contribution in [2.24, 2.45) is 23.2 Å². The van der Waals surface area contributed by atoms with Gasteiger partial charge in [0.25, 0.3) is 0 Å². The lowest BCUT2D eigenvalue weighted by Crippen LogP contribution is -2.53. The monoisotopic (exact) mass is 196 g/mol. The average molecular weight is 196 g/mol. The Balaban J connectivity index is 2.40. The summed E-state index contributed by atoms with van der Waals surface area (Å²) in [6, 6.07) is 0. The van der Waals surface area contributed by atoms with Crippen molar-refractivity contribution in [2.45, 2.75) is 20.8 Å². The van der Waals surface area contributed by atoms with Crippen LogP contribution in [0, 0.1) is 23.2 Å².